The molecule has 3 aliphatic heterocycles. The van der Waals surface area contributed by atoms with Crippen molar-refractivity contribution in [2.45, 2.75) is 117 Å². The van der Waals surface area contributed by atoms with Crippen LogP contribution < -0.4 is 10.7 Å². The van der Waals surface area contributed by atoms with Gasteiger partial charge in [0.25, 0.3) is 5.91 Å². The van der Waals surface area contributed by atoms with E-state index in [1.54, 1.807) is 37.2 Å². The highest BCUT2D eigenvalue weighted by Crippen LogP contribution is 2.41. The summed E-state index contributed by atoms with van der Waals surface area (Å²) in [7, 11) is 4.96. The molecule has 6 bridgehead atoms. The molecule has 4 aromatic rings. The number of likely N-dealkylation sites (tertiary alicyclic amines) is 1. The fourth-order valence-electron chi connectivity index (χ4n) is 9.79. The summed E-state index contributed by atoms with van der Waals surface area (Å²) in [6.07, 6.45) is 5.27. The summed E-state index contributed by atoms with van der Waals surface area (Å²) >= 11 is 1.40. The monoisotopic (exact) mass is 923 g/mol. The summed E-state index contributed by atoms with van der Waals surface area (Å²) in [5.74, 6) is -1.94. The van der Waals surface area contributed by atoms with Crippen LogP contribution in [-0.2, 0) is 54.6 Å². The second kappa shape index (κ2) is 20.1. The minimum atomic E-state index is -1.09. The summed E-state index contributed by atoms with van der Waals surface area (Å²) in [6, 6.07) is 6.82. The first kappa shape index (κ1) is 48.3. The van der Waals surface area contributed by atoms with Gasteiger partial charge in [0.15, 0.2) is 0 Å². The molecule has 1 unspecified atom stereocenters. The molecular formula is C49H65N9O7S. The number of fused-ring (bicyclic) bond motifs is 6. The topological polar surface area (TPSA) is 172 Å². The van der Waals surface area contributed by atoms with Gasteiger partial charge in [-0.25, -0.2) is 15.2 Å². The minimum absolute atomic E-state index is 0.0703. The van der Waals surface area contributed by atoms with Crippen LogP contribution in [0.25, 0.3) is 33.4 Å². The number of hydrazine groups is 1. The maximum absolute atomic E-state index is 14.7. The van der Waals surface area contributed by atoms with Gasteiger partial charge in [0.05, 0.1) is 41.3 Å². The van der Waals surface area contributed by atoms with E-state index in [0.717, 1.165) is 44.7 Å². The van der Waals surface area contributed by atoms with Crippen LogP contribution in [0, 0.1) is 11.3 Å². The van der Waals surface area contributed by atoms with E-state index in [9.17, 15) is 24.0 Å². The Kier molecular flexibility index (Phi) is 14.7. The number of ether oxygens (including phenoxy) is 2. The molecule has 2 saturated heterocycles. The number of amides is 5. The third-order valence-electron chi connectivity index (χ3n) is 13.2. The number of likely N-dealkylation sites (N-methyl/N-ethyl adjacent to an activating group) is 2. The van der Waals surface area contributed by atoms with Crippen molar-refractivity contribution in [3.05, 3.63) is 70.8 Å². The van der Waals surface area contributed by atoms with Crippen molar-refractivity contribution in [2.24, 2.45) is 11.3 Å². The molecule has 5 atom stereocenters. The van der Waals surface area contributed by atoms with E-state index >= 15 is 0 Å². The largest absolute Gasteiger partial charge is 0.464 e. The first-order valence-corrected chi connectivity index (χ1v) is 23.8. The van der Waals surface area contributed by atoms with Crippen molar-refractivity contribution in [2.75, 3.05) is 40.9 Å². The van der Waals surface area contributed by atoms with Gasteiger partial charge in [0, 0.05) is 92.3 Å². The molecule has 0 aliphatic carbocycles. The average molecular weight is 924 g/mol. The summed E-state index contributed by atoms with van der Waals surface area (Å²) in [5, 5.41) is 8.10. The zero-order valence-electron chi connectivity index (χ0n) is 39.8. The number of nitrogens with zero attached hydrogens (tertiary/aromatic N) is 7. The molecule has 0 radical (unpaired) electrons. The van der Waals surface area contributed by atoms with Gasteiger partial charge < -0.3 is 34.1 Å². The number of carbonyl (C=O) groups is 5. The van der Waals surface area contributed by atoms with E-state index in [0.29, 0.717) is 56.9 Å². The van der Waals surface area contributed by atoms with E-state index in [4.69, 9.17) is 19.4 Å². The molecule has 16 nitrogen and oxygen atoms in total. The number of urea groups is 1. The van der Waals surface area contributed by atoms with Crippen LogP contribution in [0.5, 0.6) is 0 Å². The number of aromatic nitrogens is 3. The zero-order chi connectivity index (χ0) is 47.6. The summed E-state index contributed by atoms with van der Waals surface area (Å²) in [6.45, 7) is 17.3. The standard InChI is InChI=1S/C49H65N9O7S/c1-11-42(59)54(8)32-21-30(5)57(25-32)48(63)55(9)43(29(3)4)45(60)52-37-23-41-51-39(27-66-41)31-17-18-40-34(22-31)35(44(56(40)12-2)33-15-13-19-50-38(33)26-64-10)24-49(6,7)28-65-47(62)36-16-14-20-58(53-36)46(37)61/h11,13,15,17-19,22,27,29-30,32,36-37,43,53H,1,12,14,16,20-21,23-26,28H2,2-10H3,(H,52,60)/t30-,32+,36-,37-,43?/m0/s1. The van der Waals surface area contributed by atoms with Crippen LogP contribution in [0.2, 0.25) is 0 Å². The highest BCUT2D eigenvalue weighted by Gasteiger charge is 2.42. The molecule has 0 spiro atoms. The average Bonchev–Trinajstić information content (AvgIpc) is 4.02. The number of hydrogen-bond acceptors (Lipinski definition) is 11. The number of aryl methyl sites for hydroxylation is 1. The van der Waals surface area contributed by atoms with Gasteiger partial charge in [-0.05, 0) is 81.4 Å². The third-order valence-corrected chi connectivity index (χ3v) is 14.1. The number of cyclic esters (lactones) is 1. The van der Waals surface area contributed by atoms with Gasteiger partial charge in [-0.3, -0.25) is 29.2 Å². The van der Waals surface area contributed by atoms with Crippen LogP contribution in [0.1, 0.15) is 77.1 Å². The maximum Gasteiger partial charge on any atom is 0.324 e. The van der Waals surface area contributed by atoms with Crippen LogP contribution in [0.15, 0.2) is 54.6 Å². The SMILES string of the molecule is C=CC(=O)N(C)[C@@H]1C[C@H](C)N(C(=O)N(C)C(C(=O)N[C@H]2Cc3nc(cs3)-c3ccc4c(c3)c(c(-c3cccnc3COC)n4CC)CC(C)(C)COC(=O)[C@@H]3CCCN(N3)C2=O)C(C)C)C1. The molecule has 6 heterocycles. The molecule has 17 heteroatoms. The number of nitrogens with one attached hydrogen (secondary N) is 2. The lowest BCUT2D eigenvalue weighted by atomic mass is 9.84. The maximum atomic E-state index is 14.7. The van der Waals surface area contributed by atoms with Gasteiger partial charge in [-0.1, -0.05) is 40.3 Å². The van der Waals surface area contributed by atoms with Gasteiger partial charge in [-0.15, -0.1) is 11.3 Å². The number of thiazole rings is 1. The smallest absolute Gasteiger partial charge is 0.324 e. The Bertz CT molecular complexity index is 2480. The highest BCUT2D eigenvalue weighted by atomic mass is 32.1. The number of hydrogen-bond donors (Lipinski definition) is 2. The fraction of sp³-hybridized carbons (Fsp3) is 0.531. The Morgan fingerprint density at radius 2 is 1.95 bits per heavy atom. The lowest BCUT2D eigenvalue weighted by Crippen LogP contribution is -2.62. The van der Waals surface area contributed by atoms with Gasteiger partial charge in [-0.2, -0.15) is 0 Å². The Morgan fingerprint density at radius 1 is 1.18 bits per heavy atom. The van der Waals surface area contributed by atoms with E-state index < -0.39 is 41.3 Å². The first-order chi connectivity index (χ1) is 31.5. The summed E-state index contributed by atoms with van der Waals surface area (Å²) in [5.41, 5.74) is 9.26. The van der Waals surface area contributed by atoms with Crippen LogP contribution in [0.3, 0.4) is 0 Å². The van der Waals surface area contributed by atoms with E-state index in [-0.39, 0.29) is 43.0 Å². The molecule has 1 aromatic carbocycles. The Morgan fingerprint density at radius 3 is 2.67 bits per heavy atom. The molecule has 2 fully saturated rings. The van der Waals surface area contributed by atoms with Gasteiger partial charge >= 0.3 is 12.0 Å². The molecule has 66 heavy (non-hydrogen) atoms. The molecule has 2 N–H and O–H groups in total. The predicted octanol–water partition coefficient (Wildman–Crippen LogP) is 5.83. The molecule has 5 amide bonds. The van der Waals surface area contributed by atoms with Gasteiger partial charge in [0.1, 0.15) is 18.1 Å². The lowest BCUT2D eigenvalue weighted by Gasteiger charge is -2.37. The quantitative estimate of drug-likeness (QED) is 0.146. The summed E-state index contributed by atoms with van der Waals surface area (Å²) in [4.78, 5) is 84.2. The first-order valence-electron chi connectivity index (χ1n) is 23.0. The molecule has 3 aromatic heterocycles. The molecule has 3 aliphatic rings. The highest BCUT2D eigenvalue weighted by molar-refractivity contribution is 7.10. The molecule has 7 rings (SSSR count). The summed E-state index contributed by atoms with van der Waals surface area (Å²) < 4.78 is 14.0. The van der Waals surface area contributed by atoms with Crippen molar-refractivity contribution in [1.82, 2.24) is 45.0 Å². The van der Waals surface area contributed by atoms with Gasteiger partial charge in [0.2, 0.25) is 11.8 Å². The number of carbonyl (C=O) groups excluding carboxylic acids is 5. The van der Waals surface area contributed by atoms with Crippen LogP contribution in [0.4, 0.5) is 4.79 Å². The Labute approximate surface area is 391 Å². The van der Waals surface area contributed by atoms with Crippen molar-refractivity contribution < 1.29 is 33.4 Å². The van der Waals surface area contributed by atoms with Crippen molar-refractivity contribution in [3.63, 3.8) is 0 Å². The number of benzene rings is 1. The number of pyridine rings is 1. The fourth-order valence-corrected chi connectivity index (χ4v) is 10.6. The van der Waals surface area contributed by atoms with E-state index in [1.165, 1.54) is 27.3 Å². The lowest BCUT2D eigenvalue weighted by molar-refractivity contribution is -0.155. The number of rotatable bonds is 10. The van der Waals surface area contributed by atoms with E-state index in [1.807, 2.05) is 32.2 Å². The van der Waals surface area contributed by atoms with Crippen LogP contribution in [-0.4, -0.2) is 135 Å². The second-order valence-electron chi connectivity index (χ2n) is 19.0. The Balaban J connectivity index is 1.25. The van der Waals surface area contributed by atoms with E-state index in [2.05, 4.69) is 66.9 Å². The predicted molar refractivity (Wildman–Crippen MR) is 254 cm³/mol. The molecular weight excluding hydrogens is 859 g/mol. The van der Waals surface area contributed by atoms with Crippen LogP contribution >= 0.6 is 11.3 Å². The number of methoxy groups -OCH3 is 1. The molecule has 0 saturated carbocycles. The number of esters is 1. The van der Waals surface area contributed by atoms with Crippen molar-refractivity contribution in [3.8, 4) is 22.5 Å². The van der Waals surface area contributed by atoms with Crippen molar-refractivity contribution in [1.29, 1.82) is 0 Å². The van der Waals surface area contributed by atoms with Crippen molar-refractivity contribution >= 4 is 52.0 Å². The Hall–Kier alpha value is -5.65. The zero-order valence-corrected chi connectivity index (χ0v) is 40.6. The minimum Gasteiger partial charge on any atom is -0.464 e. The molecule has 354 valence electrons. The second-order valence-corrected chi connectivity index (χ2v) is 20.0. The third kappa shape index (κ3) is 9.88. The normalized spacial score (nSPS) is 21.6.